The Hall–Kier alpha value is -3.39. The van der Waals surface area contributed by atoms with Crippen molar-refractivity contribution in [2.45, 2.75) is 13.2 Å². The minimum Gasteiger partial charge on any atom is -0.458 e. The fourth-order valence-electron chi connectivity index (χ4n) is 2.66. The molecule has 0 N–H and O–H groups in total. The SMILES string of the molecule is O=C(Cn1cnc2ccccc2c1=O)OCc1csc(-c2ccc(F)cc2)n1. The summed E-state index contributed by atoms with van der Waals surface area (Å²) in [7, 11) is 0. The number of aromatic nitrogens is 3. The second kappa shape index (κ2) is 7.69. The van der Waals surface area contributed by atoms with Crippen molar-refractivity contribution in [1.29, 1.82) is 0 Å². The number of esters is 1. The second-order valence-corrected chi connectivity index (χ2v) is 6.86. The summed E-state index contributed by atoms with van der Waals surface area (Å²) < 4.78 is 19.5. The Morgan fingerprint density at radius 1 is 1.14 bits per heavy atom. The van der Waals surface area contributed by atoms with Crippen LogP contribution in [0.2, 0.25) is 0 Å². The highest BCUT2D eigenvalue weighted by Crippen LogP contribution is 2.24. The van der Waals surface area contributed by atoms with Crippen molar-refractivity contribution in [3.8, 4) is 10.6 Å². The smallest absolute Gasteiger partial charge is 0.326 e. The molecule has 0 saturated carbocycles. The van der Waals surface area contributed by atoms with E-state index in [0.717, 1.165) is 5.56 Å². The molecule has 8 heteroatoms. The van der Waals surface area contributed by atoms with Crippen molar-refractivity contribution in [2.24, 2.45) is 0 Å². The Kier molecular flexibility index (Phi) is 4.94. The van der Waals surface area contributed by atoms with E-state index in [9.17, 15) is 14.0 Å². The highest BCUT2D eigenvalue weighted by Gasteiger charge is 2.11. The van der Waals surface area contributed by atoms with Gasteiger partial charge in [-0.1, -0.05) is 12.1 Å². The molecule has 2 aromatic carbocycles. The van der Waals surface area contributed by atoms with E-state index in [0.29, 0.717) is 21.6 Å². The number of para-hydroxylation sites is 1. The molecule has 6 nitrogen and oxygen atoms in total. The van der Waals surface area contributed by atoms with E-state index >= 15 is 0 Å². The van der Waals surface area contributed by atoms with Crippen LogP contribution >= 0.6 is 11.3 Å². The molecule has 0 aliphatic carbocycles. The summed E-state index contributed by atoms with van der Waals surface area (Å²) in [6, 6.07) is 13.0. The highest BCUT2D eigenvalue weighted by molar-refractivity contribution is 7.13. The van der Waals surface area contributed by atoms with E-state index in [4.69, 9.17) is 4.74 Å². The summed E-state index contributed by atoms with van der Waals surface area (Å²) in [5.41, 5.74) is 1.65. The van der Waals surface area contributed by atoms with E-state index in [1.807, 2.05) is 0 Å². The van der Waals surface area contributed by atoms with Crippen LogP contribution in [0.5, 0.6) is 0 Å². The third kappa shape index (κ3) is 3.81. The minimum absolute atomic E-state index is 0.00765. The van der Waals surface area contributed by atoms with Crippen LogP contribution in [0.4, 0.5) is 4.39 Å². The van der Waals surface area contributed by atoms with Crippen molar-refractivity contribution in [1.82, 2.24) is 14.5 Å². The average Bonchev–Trinajstić information content (AvgIpc) is 3.18. The Morgan fingerprint density at radius 3 is 2.75 bits per heavy atom. The number of thiazole rings is 1. The predicted octanol–water partition coefficient (Wildman–Crippen LogP) is 3.40. The molecule has 0 radical (unpaired) electrons. The first-order valence-corrected chi connectivity index (χ1v) is 9.28. The van der Waals surface area contributed by atoms with Crippen LogP contribution in [0.3, 0.4) is 0 Å². The van der Waals surface area contributed by atoms with Crippen molar-refractivity contribution < 1.29 is 13.9 Å². The molecule has 0 bridgehead atoms. The maximum atomic E-state index is 13.0. The molecule has 4 rings (SSSR count). The fourth-order valence-corrected chi connectivity index (χ4v) is 3.47. The lowest BCUT2D eigenvalue weighted by molar-refractivity contribution is -0.145. The normalized spacial score (nSPS) is 10.9. The number of ether oxygens (including phenoxy) is 1. The Morgan fingerprint density at radius 2 is 1.93 bits per heavy atom. The first kappa shape index (κ1) is 18.0. The molecule has 0 unspecified atom stereocenters. The zero-order chi connectivity index (χ0) is 19.5. The summed E-state index contributed by atoms with van der Waals surface area (Å²) in [5.74, 6) is -0.872. The van der Waals surface area contributed by atoms with Gasteiger partial charge in [0.1, 0.15) is 24.0 Å². The van der Waals surface area contributed by atoms with Crippen LogP contribution in [-0.4, -0.2) is 20.5 Å². The molecule has 4 aromatic rings. The van der Waals surface area contributed by atoms with Crippen molar-refractivity contribution in [2.75, 3.05) is 0 Å². The molecule has 2 heterocycles. The van der Waals surface area contributed by atoms with E-state index in [1.54, 1.807) is 41.8 Å². The second-order valence-electron chi connectivity index (χ2n) is 6.01. The van der Waals surface area contributed by atoms with Gasteiger partial charge in [0.05, 0.1) is 22.9 Å². The largest absolute Gasteiger partial charge is 0.458 e. The number of carbonyl (C=O) groups excluding carboxylic acids is 1. The van der Waals surface area contributed by atoms with E-state index < -0.39 is 5.97 Å². The van der Waals surface area contributed by atoms with Gasteiger partial charge in [-0.2, -0.15) is 0 Å². The van der Waals surface area contributed by atoms with Crippen molar-refractivity contribution in [3.63, 3.8) is 0 Å². The molecule has 140 valence electrons. The lowest BCUT2D eigenvalue weighted by Crippen LogP contribution is -2.25. The summed E-state index contributed by atoms with van der Waals surface area (Å²) >= 11 is 1.38. The molecule has 0 atom stereocenters. The Balaban J connectivity index is 1.41. The van der Waals surface area contributed by atoms with Crippen LogP contribution < -0.4 is 5.56 Å². The number of benzene rings is 2. The van der Waals surface area contributed by atoms with Gasteiger partial charge in [0.15, 0.2) is 0 Å². The molecule has 0 aliphatic rings. The Bertz CT molecular complexity index is 1200. The number of nitrogens with zero attached hydrogens (tertiary/aromatic N) is 3. The third-order valence-corrected chi connectivity index (χ3v) is 5.00. The highest BCUT2D eigenvalue weighted by atomic mass is 32.1. The van der Waals surface area contributed by atoms with Crippen LogP contribution in [0.15, 0.2) is 65.0 Å². The summed E-state index contributed by atoms with van der Waals surface area (Å²) in [4.78, 5) is 33.1. The summed E-state index contributed by atoms with van der Waals surface area (Å²) in [6.45, 7) is -0.238. The Labute approximate surface area is 162 Å². The molecule has 0 spiro atoms. The number of rotatable bonds is 5. The zero-order valence-corrected chi connectivity index (χ0v) is 15.4. The summed E-state index contributed by atoms with van der Waals surface area (Å²) in [5, 5.41) is 2.93. The van der Waals surface area contributed by atoms with Gasteiger partial charge in [-0.3, -0.25) is 14.2 Å². The van der Waals surface area contributed by atoms with Crippen LogP contribution in [-0.2, 0) is 22.7 Å². The van der Waals surface area contributed by atoms with Crippen LogP contribution in [0, 0.1) is 5.82 Å². The molecule has 0 amide bonds. The third-order valence-electron chi connectivity index (χ3n) is 4.05. The van der Waals surface area contributed by atoms with E-state index in [2.05, 4.69) is 9.97 Å². The van der Waals surface area contributed by atoms with Crippen molar-refractivity contribution >= 4 is 28.2 Å². The molecule has 0 aliphatic heterocycles. The molecule has 0 fully saturated rings. The van der Waals surface area contributed by atoms with Gasteiger partial charge in [-0.05, 0) is 36.4 Å². The lowest BCUT2D eigenvalue weighted by atomic mass is 10.2. The predicted molar refractivity (Wildman–Crippen MR) is 103 cm³/mol. The molecular weight excluding hydrogens is 381 g/mol. The standard InChI is InChI=1S/C20H14FN3O3S/c21-14-7-5-13(6-8-14)19-23-15(11-28-19)10-27-18(25)9-24-12-22-17-4-2-1-3-16(17)20(24)26/h1-8,11-12H,9-10H2. The minimum atomic E-state index is -0.560. The number of hydrogen-bond donors (Lipinski definition) is 0. The van der Waals surface area contributed by atoms with Gasteiger partial charge in [0.25, 0.3) is 5.56 Å². The quantitative estimate of drug-likeness (QED) is 0.484. The number of halogens is 1. The van der Waals surface area contributed by atoms with Gasteiger partial charge in [-0.25, -0.2) is 14.4 Å². The number of fused-ring (bicyclic) bond motifs is 1. The summed E-state index contributed by atoms with van der Waals surface area (Å²) in [6.07, 6.45) is 1.33. The molecular formula is C20H14FN3O3S. The number of carbonyl (C=O) groups is 1. The first-order valence-electron chi connectivity index (χ1n) is 8.40. The van der Waals surface area contributed by atoms with Gasteiger partial charge >= 0.3 is 5.97 Å². The first-order chi connectivity index (χ1) is 13.6. The van der Waals surface area contributed by atoms with Gasteiger partial charge in [0, 0.05) is 10.9 Å². The maximum absolute atomic E-state index is 13.0. The number of hydrogen-bond acceptors (Lipinski definition) is 6. The lowest BCUT2D eigenvalue weighted by Gasteiger charge is -2.06. The molecule has 28 heavy (non-hydrogen) atoms. The monoisotopic (exact) mass is 395 g/mol. The van der Waals surface area contributed by atoms with Crippen LogP contribution in [0.25, 0.3) is 21.5 Å². The average molecular weight is 395 g/mol. The van der Waals surface area contributed by atoms with E-state index in [-0.39, 0.29) is 24.5 Å². The van der Waals surface area contributed by atoms with Crippen molar-refractivity contribution in [3.05, 3.63) is 82.1 Å². The topological polar surface area (TPSA) is 74.1 Å². The zero-order valence-electron chi connectivity index (χ0n) is 14.5. The maximum Gasteiger partial charge on any atom is 0.326 e. The molecule has 0 saturated heterocycles. The van der Waals surface area contributed by atoms with E-state index in [1.165, 1.54) is 34.4 Å². The van der Waals surface area contributed by atoms with Crippen LogP contribution in [0.1, 0.15) is 5.69 Å². The molecule has 2 aromatic heterocycles. The van der Waals surface area contributed by atoms with Gasteiger partial charge in [-0.15, -0.1) is 11.3 Å². The van der Waals surface area contributed by atoms with Gasteiger partial charge in [0.2, 0.25) is 0 Å². The van der Waals surface area contributed by atoms with Gasteiger partial charge < -0.3 is 4.74 Å². The fraction of sp³-hybridized carbons (Fsp3) is 0.100.